The van der Waals surface area contributed by atoms with Crippen molar-refractivity contribution < 1.29 is 0 Å². The van der Waals surface area contributed by atoms with Crippen LogP contribution in [0.5, 0.6) is 0 Å². The van der Waals surface area contributed by atoms with Crippen LogP contribution in [0.3, 0.4) is 0 Å². The summed E-state index contributed by atoms with van der Waals surface area (Å²) in [6.07, 6.45) is 6.14. The zero-order valence-corrected chi connectivity index (χ0v) is 11.3. The van der Waals surface area contributed by atoms with Crippen LogP contribution >= 0.6 is 11.8 Å². The fraction of sp³-hybridized carbons (Fsp3) is 0.462. The molecule has 0 unspecified atom stereocenters. The number of anilines is 2. The van der Waals surface area contributed by atoms with Crippen LogP contribution in [0.25, 0.3) is 11.0 Å². The summed E-state index contributed by atoms with van der Waals surface area (Å²) < 4.78 is 0.415. The van der Waals surface area contributed by atoms with E-state index in [0.717, 1.165) is 29.2 Å². The van der Waals surface area contributed by atoms with E-state index in [9.17, 15) is 0 Å². The number of hydrogen-bond donors (Lipinski definition) is 3. The van der Waals surface area contributed by atoms with Crippen LogP contribution in [0.2, 0.25) is 0 Å². The highest BCUT2D eigenvalue weighted by atomic mass is 32.2. The predicted molar refractivity (Wildman–Crippen MR) is 79.1 cm³/mol. The zero-order chi connectivity index (χ0) is 12.6. The summed E-state index contributed by atoms with van der Waals surface area (Å²) in [5.74, 6) is 0.843. The lowest BCUT2D eigenvalue weighted by Gasteiger charge is -2.40. The van der Waals surface area contributed by atoms with Crippen molar-refractivity contribution in [2.75, 3.05) is 23.9 Å². The van der Waals surface area contributed by atoms with Crippen LogP contribution in [0.15, 0.2) is 18.2 Å². The van der Waals surface area contributed by atoms with E-state index in [2.05, 4.69) is 21.5 Å². The molecule has 1 aliphatic carbocycles. The predicted octanol–water partition coefficient (Wildman–Crippen LogP) is 2.84. The fourth-order valence-corrected chi connectivity index (χ4v) is 3.29. The maximum Gasteiger partial charge on any atom is 0.201 e. The van der Waals surface area contributed by atoms with Crippen molar-refractivity contribution in [2.24, 2.45) is 0 Å². The summed E-state index contributed by atoms with van der Waals surface area (Å²) in [5.41, 5.74) is 8.47. The van der Waals surface area contributed by atoms with Crippen molar-refractivity contribution in [3.8, 4) is 0 Å². The van der Waals surface area contributed by atoms with Crippen LogP contribution in [0, 0.1) is 0 Å². The molecule has 2 aromatic rings. The lowest BCUT2D eigenvalue weighted by Crippen LogP contribution is -2.40. The molecular formula is C13H18N4S. The van der Waals surface area contributed by atoms with Crippen LogP contribution in [-0.4, -0.2) is 27.5 Å². The van der Waals surface area contributed by atoms with E-state index in [1.54, 1.807) is 0 Å². The topological polar surface area (TPSA) is 66.7 Å². The van der Waals surface area contributed by atoms with Gasteiger partial charge in [0.25, 0.3) is 0 Å². The molecule has 0 atom stereocenters. The molecule has 1 saturated carbocycles. The summed E-state index contributed by atoms with van der Waals surface area (Å²) in [6.45, 7) is 0.976. The monoisotopic (exact) mass is 262 g/mol. The van der Waals surface area contributed by atoms with Crippen molar-refractivity contribution in [3.05, 3.63) is 18.2 Å². The number of nitrogens with one attached hydrogen (secondary N) is 2. The molecule has 1 fully saturated rings. The molecular weight excluding hydrogens is 244 g/mol. The Kier molecular flexibility index (Phi) is 2.86. The second kappa shape index (κ2) is 4.39. The summed E-state index contributed by atoms with van der Waals surface area (Å²) >= 11 is 1.96. The average Bonchev–Trinajstić information content (AvgIpc) is 2.70. The first-order valence-electron chi connectivity index (χ1n) is 6.25. The van der Waals surface area contributed by atoms with Gasteiger partial charge >= 0.3 is 0 Å². The molecule has 0 saturated heterocycles. The lowest BCUT2D eigenvalue weighted by atomic mass is 9.84. The fourth-order valence-electron chi connectivity index (χ4n) is 2.38. The maximum atomic E-state index is 5.76. The number of rotatable bonds is 4. The molecule has 0 radical (unpaired) electrons. The van der Waals surface area contributed by atoms with Gasteiger partial charge in [0.2, 0.25) is 5.95 Å². The molecule has 0 bridgehead atoms. The van der Waals surface area contributed by atoms with Gasteiger partial charge < -0.3 is 16.0 Å². The summed E-state index contributed by atoms with van der Waals surface area (Å²) in [6, 6.07) is 5.74. The van der Waals surface area contributed by atoms with Gasteiger partial charge in [0, 0.05) is 17.0 Å². The molecule has 1 aromatic carbocycles. The van der Waals surface area contributed by atoms with Crippen molar-refractivity contribution in [3.63, 3.8) is 0 Å². The van der Waals surface area contributed by atoms with E-state index in [0.29, 0.717) is 4.75 Å². The van der Waals surface area contributed by atoms with E-state index in [1.807, 2.05) is 30.0 Å². The quantitative estimate of drug-likeness (QED) is 0.741. The first-order chi connectivity index (χ1) is 8.71. The van der Waals surface area contributed by atoms with Crippen LogP contribution in [0.1, 0.15) is 19.3 Å². The Balaban J connectivity index is 1.74. The number of thioether (sulfide) groups is 1. The number of imidazole rings is 1. The Labute approximate surface area is 111 Å². The molecule has 0 aliphatic heterocycles. The minimum atomic E-state index is 0.415. The van der Waals surface area contributed by atoms with Gasteiger partial charge in [0.15, 0.2) is 0 Å². The summed E-state index contributed by atoms with van der Waals surface area (Å²) in [7, 11) is 0. The Morgan fingerprint density at radius 2 is 2.33 bits per heavy atom. The largest absolute Gasteiger partial charge is 0.399 e. The summed E-state index contributed by atoms with van der Waals surface area (Å²) in [4.78, 5) is 7.79. The van der Waals surface area contributed by atoms with Gasteiger partial charge in [0.1, 0.15) is 0 Å². The highest BCUT2D eigenvalue weighted by Crippen LogP contribution is 2.42. The van der Waals surface area contributed by atoms with Gasteiger partial charge in [-0.1, -0.05) is 6.42 Å². The highest BCUT2D eigenvalue weighted by Gasteiger charge is 2.35. The van der Waals surface area contributed by atoms with Gasteiger partial charge in [-0.05, 0) is 37.3 Å². The Morgan fingerprint density at radius 3 is 3.00 bits per heavy atom. The third kappa shape index (κ3) is 2.03. The van der Waals surface area contributed by atoms with E-state index >= 15 is 0 Å². The van der Waals surface area contributed by atoms with Gasteiger partial charge in [-0.15, -0.1) is 0 Å². The molecule has 1 aliphatic rings. The molecule has 1 heterocycles. The third-order valence-electron chi connectivity index (χ3n) is 3.78. The lowest BCUT2D eigenvalue weighted by molar-refractivity contribution is 0.379. The Bertz CT molecular complexity index is 554. The van der Waals surface area contributed by atoms with Crippen LogP contribution in [0.4, 0.5) is 11.6 Å². The zero-order valence-electron chi connectivity index (χ0n) is 10.5. The molecule has 4 N–H and O–H groups in total. The molecule has 0 amide bonds. The van der Waals surface area contributed by atoms with Crippen molar-refractivity contribution in [1.82, 2.24) is 9.97 Å². The van der Waals surface area contributed by atoms with E-state index in [1.165, 1.54) is 19.3 Å². The SMILES string of the molecule is CSC1(CNc2nc3ccc(N)cc3[nH]2)CCC1. The molecule has 4 nitrogen and oxygen atoms in total. The molecule has 0 spiro atoms. The number of benzene rings is 1. The van der Waals surface area contributed by atoms with Crippen molar-refractivity contribution in [1.29, 1.82) is 0 Å². The first-order valence-corrected chi connectivity index (χ1v) is 7.48. The standard InChI is InChI=1S/C13H18N4S/c1-18-13(5-2-6-13)8-15-12-16-10-4-3-9(14)7-11(10)17-12/h3-4,7H,2,5-6,8,14H2,1H3,(H2,15,16,17). The van der Waals surface area contributed by atoms with E-state index < -0.39 is 0 Å². The smallest absolute Gasteiger partial charge is 0.201 e. The minimum Gasteiger partial charge on any atom is -0.399 e. The number of aromatic amines is 1. The Hall–Kier alpha value is -1.36. The molecule has 18 heavy (non-hydrogen) atoms. The molecule has 3 rings (SSSR count). The minimum absolute atomic E-state index is 0.415. The van der Waals surface area contributed by atoms with Crippen molar-refractivity contribution in [2.45, 2.75) is 24.0 Å². The number of nitrogen functional groups attached to an aromatic ring is 1. The van der Waals surface area contributed by atoms with Crippen LogP contribution in [-0.2, 0) is 0 Å². The average molecular weight is 262 g/mol. The van der Waals surface area contributed by atoms with Crippen molar-refractivity contribution >= 4 is 34.4 Å². The maximum absolute atomic E-state index is 5.76. The highest BCUT2D eigenvalue weighted by molar-refractivity contribution is 8.00. The number of hydrogen-bond acceptors (Lipinski definition) is 4. The van der Waals surface area contributed by atoms with Gasteiger partial charge in [-0.2, -0.15) is 11.8 Å². The van der Waals surface area contributed by atoms with E-state index in [4.69, 9.17) is 5.73 Å². The number of nitrogens with zero attached hydrogens (tertiary/aromatic N) is 1. The number of H-pyrrole nitrogens is 1. The number of nitrogens with two attached hydrogens (primary N) is 1. The second-order valence-electron chi connectivity index (χ2n) is 4.96. The van der Waals surface area contributed by atoms with Crippen LogP contribution < -0.4 is 11.1 Å². The number of fused-ring (bicyclic) bond motifs is 1. The first kappa shape index (κ1) is 11.7. The third-order valence-corrected chi connectivity index (χ3v) is 5.20. The van der Waals surface area contributed by atoms with E-state index in [-0.39, 0.29) is 0 Å². The van der Waals surface area contributed by atoms with Gasteiger partial charge in [0.05, 0.1) is 11.0 Å². The Morgan fingerprint density at radius 1 is 1.50 bits per heavy atom. The summed E-state index contributed by atoms with van der Waals surface area (Å²) in [5, 5.41) is 3.42. The van der Waals surface area contributed by atoms with Gasteiger partial charge in [-0.3, -0.25) is 0 Å². The molecule has 96 valence electrons. The molecule has 5 heteroatoms. The number of aromatic nitrogens is 2. The van der Waals surface area contributed by atoms with Gasteiger partial charge in [-0.25, -0.2) is 4.98 Å². The normalized spacial score (nSPS) is 17.6. The second-order valence-corrected chi connectivity index (χ2v) is 6.23. The molecule has 1 aromatic heterocycles.